The molecule has 0 saturated heterocycles. The summed E-state index contributed by atoms with van der Waals surface area (Å²) in [6.07, 6.45) is 0. The Labute approximate surface area is 168 Å². The van der Waals surface area contributed by atoms with Gasteiger partial charge in [-0.2, -0.15) is 0 Å². The van der Waals surface area contributed by atoms with E-state index in [1.165, 1.54) is 20.1 Å². The number of para-hydroxylation sites is 1. The SMILES string of the molecule is COc1cccc(C2NC(=S)NC(C)=C2C(C)=O)c1OCc1ccccc1F. The fourth-order valence-corrected chi connectivity index (χ4v) is 3.51. The molecule has 0 fully saturated rings. The predicted molar refractivity (Wildman–Crippen MR) is 109 cm³/mol. The van der Waals surface area contributed by atoms with Gasteiger partial charge in [-0.25, -0.2) is 4.39 Å². The van der Waals surface area contributed by atoms with E-state index in [0.717, 1.165) is 0 Å². The molecule has 0 aromatic heterocycles. The van der Waals surface area contributed by atoms with Gasteiger partial charge in [0.15, 0.2) is 22.4 Å². The van der Waals surface area contributed by atoms with Crippen LogP contribution in [0.3, 0.4) is 0 Å². The lowest BCUT2D eigenvalue weighted by Crippen LogP contribution is -2.44. The molecule has 2 aromatic carbocycles. The van der Waals surface area contributed by atoms with Crippen LogP contribution in [0.15, 0.2) is 53.7 Å². The van der Waals surface area contributed by atoms with Crippen molar-refractivity contribution in [2.75, 3.05) is 7.11 Å². The van der Waals surface area contributed by atoms with Crippen LogP contribution in [0.5, 0.6) is 11.5 Å². The van der Waals surface area contributed by atoms with E-state index >= 15 is 0 Å². The molecular formula is C21H21FN2O3S. The Morgan fingerprint density at radius 2 is 1.96 bits per heavy atom. The third kappa shape index (κ3) is 3.99. The summed E-state index contributed by atoms with van der Waals surface area (Å²) in [7, 11) is 1.53. The molecule has 7 heteroatoms. The molecule has 5 nitrogen and oxygen atoms in total. The molecule has 0 bridgehead atoms. The zero-order valence-corrected chi connectivity index (χ0v) is 16.7. The Hall–Kier alpha value is -2.93. The van der Waals surface area contributed by atoms with Gasteiger partial charge in [-0.15, -0.1) is 0 Å². The molecular weight excluding hydrogens is 379 g/mol. The summed E-state index contributed by atoms with van der Waals surface area (Å²) in [6.45, 7) is 3.33. The van der Waals surface area contributed by atoms with Gasteiger partial charge in [0.05, 0.1) is 13.2 Å². The molecule has 146 valence electrons. The first-order chi connectivity index (χ1) is 13.4. The van der Waals surface area contributed by atoms with Crippen LogP contribution < -0.4 is 20.1 Å². The van der Waals surface area contributed by atoms with Gasteiger partial charge in [-0.1, -0.05) is 30.3 Å². The predicted octanol–water partition coefficient (Wildman–Crippen LogP) is 3.80. The summed E-state index contributed by atoms with van der Waals surface area (Å²) in [5, 5.41) is 6.52. The average molecular weight is 400 g/mol. The molecule has 3 rings (SSSR count). The van der Waals surface area contributed by atoms with Gasteiger partial charge in [0, 0.05) is 22.4 Å². The molecule has 2 aromatic rings. The summed E-state index contributed by atoms with van der Waals surface area (Å²) >= 11 is 5.27. The number of ketones is 1. The average Bonchev–Trinajstić information content (AvgIpc) is 2.66. The normalized spacial score (nSPS) is 16.3. The molecule has 1 aliphatic heterocycles. The summed E-state index contributed by atoms with van der Waals surface area (Å²) in [4.78, 5) is 12.3. The van der Waals surface area contributed by atoms with Crippen LogP contribution in [0.4, 0.5) is 4.39 Å². The van der Waals surface area contributed by atoms with Crippen molar-refractivity contribution in [2.24, 2.45) is 0 Å². The highest BCUT2D eigenvalue weighted by molar-refractivity contribution is 7.80. The number of ether oxygens (including phenoxy) is 2. The van der Waals surface area contributed by atoms with Crippen molar-refractivity contribution in [3.63, 3.8) is 0 Å². The minimum absolute atomic E-state index is 0.0214. The molecule has 28 heavy (non-hydrogen) atoms. The Bertz CT molecular complexity index is 958. The smallest absolute Gasteiger partial charge is 0.171 e. The molecule has 1 heterocycles. The van der Waals surface area contributed by atoms with Crippen LogP contribution in [0.2, 0.25) is 0 Å². The van der Waals surface area contributed by atoms with Gasteiger partial charge in [-0.3, -0.25) is 4.79 Å². The summed E-state index contributed by atoms with van der Waals surface area (Å²) < 4.78 is 25.4. The lowest BCUT2D eigenvalue weighted by Gasteiger charge is -2.31. The number of hydrogen-bond acceptors (Lipinski definition) is 4. The molecule has 0 spiro atoms. The maximum absolute atomic E-state index is 14.0. The second-order valence-electron chi connectivity index (χ2n) is 6.39. The Morgan fingerprint density at radius 3 is 2.64 bits per heavy atom. The fourth-order valence-electron chi connectivity index (χ4n) is 3.23. The second-order valence-corrected chi connectivity index (χ2v) is 6.79. The Balaban J connectivity index is 2.04. The quantitative estimate of drug-likeness (QED) is 0.720. The van der Waals surface area contributed by atoms with Gasteiger partial charge >= 0.3 is 0 Å². The number of carbonyl (C=O) groups excluding carboxylic acids is 1. The van der Waals surface area contributed by atoms with Gasteiger partial charge in [0.1, 0.15) is 12.4 Å². The highest BCUT2D eigenvalue weighted by Gasteiger charge is 2.31. The van der Waals surface area contributed by atoms with Crippen molar-refractivity contribution in [3.05, 3.63) is 70.7 Å². The Morgan fingerprint density at radius 1 is 1.21 bits per heavy atom. The largest absolute Gasteiger partial charge is 0.493 e. The molecule has 1 aliphatic rings. The first kappa shape index (κ1) is 19.8. The molecule has 1 unspecified atom stereocenters. The molecule has 1 atom stereocenters. The number of methoxy groups -OCH3 is 1. The number of Topliss-reactive ketones (excluding diaryl/α,β-unsaturated/α-hetero) is 1. The Kier molecular flexibility index (Phi) is 5.94. The number of carbonyl (C=O) groups is 1. The topological polar surface area (TPSA) is 59.6 Å². The van der Waals surface area contributed by atoms with Gasteiger partial charge in [0.25, 0.3) is 0 Å². The van der Waals surface area contributed by atoms with E-state index in [0.29, 0.717) is 39.0 Å². The van der Waals surface area contributed by atoms with Crippen molar-refractivity contribution in [1.82, 2.24) is 10.6 Å². The van der Waals surface area contributed by atoms with E-state index in [1.807, 2.05) is 12.1 Å². The van der Waals surface area contributed by atoms with E-state index in [-0.39, 0.29) is 18.2 Å². The van der Waals surface area contributed by atoms with Crippen molar-refractivity contribution < 1.29 is 18.7 Å². The van der Waals surface area contributed by atoms with Crippen molar-refractivity contribution >= 4 is 23.1 Å². The zero-order chi connectivity index (χ0) is 20.3. The zero-order valence-electron chi connectivity index (χ0n) is 15.8. The third-order valence-electron chi connectivity index (χ3n) is 4.52. The maximum atomic E-state index is 14.0. The number of hydrogen-bond donors (Lipinski definition) is 2. The number of halogens is 1. The summed E-state index contributed by atoms with van der Waals surface area (Å²) in [6, 6.07) is 11.3. The third-order valence-corrected chi connectivity index (χ3v) is 4.74. The van der Waals surface area contributed by atoms with E-state index in [1.54, 1.807) is 31.2 Å². The van der Waals surface area contributed by atoms with E-state index in [9.17, 15) is 9.18 Å². The van der Waals surface area contributed by atoms with E-state index in [4.69, 9.17) is 21.7 Å². The summed E-state index contributed by atoms with van der Waals surface area (Å²) in [5.41, 5.74) is 2.34. The fraction of sp³-hybridized carbons (Fsp3) is 0.238. The van der Waals surface area contributed by atoms with Crippen LogP contribution in [-0.4, -0.2) is 18.0 Å². The number of benzene rings is 2. The first-order valence-electron chi connectivity index (χ1n) is 8.74. The van der Waals surface area contributed by atoms with Crippen LogP contribution in [-0.2, 0) is 11.4 Å². The minimum atomic E-state index is -0.503. The highest BCUT2D eigenvalue weighted by Crippen LogP contribution is 2.39. The highest BCUT2D eigenvalue weighted by atomic mass is 32.1. The molecule has 0 saturated carbocycles. The first-order valence-corrected chi connectivity index (χ1v) is 9.15. The van der Waals surface area contributed by atoms with Crippen LogP contribution in [0.1, 0.15) is 31.0 Å². The molecule has 2 N–H and O–H groups in total. The maximum Gasteiger partial charge on any atom is 0.171 e. The number of allylic oxidation sites excluding steroid dienone is 1. The van der Waals surface area contributed by atoms with Crippen molar-refractivity contribution in [2.45, 2.75) is 26.5 Å². The lowest BCUT2D eigenvalue weighted by atomic mass is 9.92. The number of thiocarbonyl (C=S) groups is 1. The number of rotatable bonds is 6. The van der Waals surface area contributed by atoms with Crippen LogP contribution in [0, 0.1) is 5.82 Å². The van der Waals surface area contributed by atoms with Gasteiger partial charge < -0.3 is 20.1 Å². The molecule has 0 amide bonds. The monoisotopic (exact) mass is 400 g/mol. The lowest BCUT2D eigenvalue weighted by molar-refractivity contribution is -0.114. The molecule has 0 radical (unpaired) electrons. The van der Waals surface area contributed by atoms with E-state index < -0.39 is 6.04 Å². The second kappa shape index (κ2) is 8.39. The minimum Gasteiger partial charge on any atom is -0.493 e. The van der Waals surface area contributed by atoms with Crippen LogP contribution >= 0.6 is 12.2 Å². The van der Waals surface area contributed by atoms with E-state index in [2.05, 4.69) is 10.6 Å². The number of nitrogens with one attached hydrogen (secondary N) is 2. The van der Waals surface area contributed by atoms with Crippen LogP contribution in [0.25, 0.3) is 0 Å². The summed E-state index contributed by atoms with van der Waals surface area (Å²) in [5.74, 6) is 0.482. The van der Waals surface area contributed by atoms with Crippen molar-refractivity contribution in [1.29, 1.82) is 0 Å². The molecule has 0 aliphatic carbocycles. The standard InChI is InChI=1S/C21H21FN2O3S/c1-12-18(13(2)25)19(24-21(28)23-12)15-8-6-10-17(26-3)20(15)27-11-14-7-4-5-9-16(14)22/h4-10,19H,11H2,1-3H3,(H2,23,24,28). The van der Waals surface area contributed by atoms with Crippen molar-refractivity contribution in [3.8, 4) is 11.5 Å². The van der Waals surface area contributed by atoms with Gasteiger partial charge in [0.2, 0.25) is 0 Å². The van der Waals surface area contributed by atoms with Gasteiger partial charge in [-0.05, 0) is 38.2 Å².